The Morgan fingerprint density at radius 2 is 2.20 bits per heavy atom. The number of halogens is 2. The summed E-state index contributed by atoms with van der Waals surface area (Å²) in [6.45, 7) is 0. The number of nitrogens with zero attached hydrogens (tertiary/aromatic N) is 3. The van der Waals surface area contributed by atoms with E-state index >= 15 is 0 Å². The summed E-state index contributed by atoms with van der Waals surface area (Å²) >= 11 is 5.84. The molecule has 0 bridgehead atoms. The molecular weight excluding hydrogens is 285 g/mol. The van der Waals surface area contributed by atoms with Gasteiger partial charge in [0.2, 0.25) is 5.28 Å². The highest BCUT2D eigenvalue weighted by Crippen LogP contribution is 2.30. The van der Waals surface area contributed by atoms with E-state index in [9.17, 15) is 4.39 Å². The van der Waals surface area contributed by atoms with Gasteiger partial charge < -0.3 is 10.1 Å². The Morgan fingerprint density at radius 3 is 3.00 bits per heavy atom. The first-order chi connectivity index (χ1) is 9.67. The minimum Gasteiger partial charge on any atom is -0.494 e. The summed E-state index contributed by atoms with van der Waals surface area (Å²) in [4.78, 5) is 8.10. The van der Waals surface area contributed by atoms with Gasteiger partial charge in [-0.1, -0.05) is 0 Å². The minimum atomic E-state index is -0.387. The van der Waals surface area contributed by atoms with E-state index in [1.165, 1.54) is 19.2 Å². The fraction of sp³-hybridized carbons (Fsp3) is 0.0833. The first-order valence-electron chi connectivity index (χ1n) is 5.64. The molecule has 20 heavy (non-hydrogen) atoms. The van der Waals surface area contributed by atoms with Gasteiger partial charge in [0.05, 0.1) is 24.4 Å². The van der Waals surface area contributed by atoms with Gasteiger partial charge in [-0.2, -0.15) is 15.1 Å². The largest absolute Gasteiger partial charge is 0.494 e. The molecule has 2 aromatic heterocycles. The summed E-state index contributed by atoms with van der Waals surface area (Å²) in [7, 11) is 1.46. The van der Waals surface area contributed by atoms with Gasteiger partial charge in [0.15, 0.2) is 5.65 Å². The van der Waals surface area contributed by atoms with Crippen LogP contribution in [0, 0.1) is 5.82 Å². The highest BCUT2D eigenvalue weighted by molar-refractivity contribution is 6.28. The van der Waals surface area contributed by atoms with Crippen LogP contribution in [0.5, 0.6) is 5.75 Å². The number of hydrogen-bond donors (Lipinski definition) is 2. The molecule has 8 heteroatoms. The average molecular weight is 294 g/mol. The highest BCUT2D eigenvalue weighted by Gasteiger charge is 2.11. The van der Waals surface area contributed by atoms with Crippen molar-refractivity contribution in [1.82, 2.24) is 20.2 Å². The first-order valence-corrected chi connectivity index (χ1v) is 6.02. The predicted molar refractivity (Wildman–Crippen MR) is 72.9 cm³/mol. The molecule has 2 heterocycles. The molecule has 3 rings (SSSR count). The van der Waals surface area contributed by atoms with Crippen LogP contribution in [0.15, 0.2) is 24.4 Å². The average Bonchev–Trinajstić information content (AvgIpc) is 2.88. The van der Waals surface area contributed by atoms with E-state index in [1.807, 2.05) is 0 Å². The number of H-pyrrole nitrogens is 1. The fourth-order valence-electron chi connectivity index (χ4n) is 1.80. The Morgan fingerprint density at radius 1 is 1.35 bits per heavy atom. The molecule has 0 unspecified atom stereocenters. The molecule has 0 saturated carbocycles. The summed E-state index contributed by atoms with van der Waals surface area (Å²) in [5, 5.41) is 10.4. The first kappa shape index (κ1) is 12.6. The number of hydrogen-bond acceptors (Lipinski definition) is 5. The predicted octanol–water partition coefficient (Wildman–Crippen LogP) is 2.90. The maximum Gasteiger partial charge on any atom is 0.226 e. The number of fused-ring (bicyclic) bond motifs is 1. The maximum atomic E-state index is 13.2. The standard InChI is InChI=1S/C12H9ClFN5O/c1-20-9-4-6(14)2-3-8(9)16-10-7-5-15-19-11(7)18-12(13)17-10/h2-5H,1H3,(H2,15,16,17,18,19). The number of aromatic nitrogens is 4. The van der Waals surface area contributed by atoms with Crippen molar-refractivity contribution in [3.63, 3.8) is 0 Å². The zero-order chi connectivity index (χ0) is 14.1. The molecule has 0 saturated heterocycles. The number of nitrogens with one attached hydrogen (secondary N) is 2. The molecule has 0 atom stereocenters. The Kier molecular flexibility index (Phi) is 3.11. The molecule has 1 aromatic carbocycles. The van der Waals surface area contributed by atoms with Crippen molar-refractivity contribution in [2.75, 3.05) is 12.4 Å². The Bertz CT molecular complexity index is 776. The van der Waals surface area contributed by atoms with Crippen molar-refractivity contribution in [3.8, 4) is 5.75 Å². The van der Waals surface area contributed by atoms with E-state index in [0.717, 1.165) is 0 Å². The zero-order valence-electron chi connectivity index (χ0n) is 10.3. The van der Waals surface area contributed by atoms with Crippen molar-refractivity contribution < 1.29 is 9.13 Å². The van der Waals surface area contributed by atoms with Crippen LogP contribution >= 0.6 is 11.6 Å². The molecular formula is C12H9ClFN5O. The van der Waals surface area contributed by atoms with Crippen LogP contribution in [0.1, 0.15) is 0 Å². The van der Waals surface area contributed by atoms with E-state index in [0.29, 0.717) is 28.3 Å². The van der Waals surface area contributed by atoms with Gasteiger partial charge in [0.1, 0.15) is 17.4 Å². The SMILES string of the molecule is COc1cc(F)ccc1Nc1nc(Cl)nc2[nH]ncc12. The topological polar surface area (TPSA) is 75.7 Å². The molecule has 3 aromatic rings. The van der Waals surface area contributed by atoms with E-state index in [4.69, 9.17) is 16.3 Å². The van der Waals surface area contributed by atoms with Gasteiger partial charge in [-0.25, -0.2) is 4.39 Å². The quantitative estimate of drug-likeness (QED) is 0.726. The lowest BCUT2D eigenvalue weighted by atomic mass is 10.2. The lowest BCUT2D eigenvalue weighted by Crippen LogP contribution is -1.99. The fourth-order valence-corrected chi connectivity index (χ4v) is 1.97. The smallest absolute Gasteiger partial charge is 0.226 e. The van der Waals surface area contributed by atoms with Crippen LogP contribution in [0.25, 0.3) is 11.0 Å². The van der Waals surface area contributed by atoms with E-state index < -0.39 is 0 Å². The van der Waals surface area contributed by atoms with Gasteiger partial charge in [0, 0.05) is 6.07 Å². The molecule has 0 fully saturated rings. The summed E-state index contributed by atoms with van der Waals surface area (Å²) in [6, 6.07) is 4.15. The monoisotopic (exact) mass is 293 g/mol. The number of rotatable bonds is 3. The van der Waals surface area contributed by atoms with Gasteiger partial charge in [-0.05, 0) is 23.7 Å². The Hall–Kier alpha value is -2.41. The molecule has 0 aliphatic rings. The van der Waals surface area contributed by atoms with Crippen molar-refractivity contribution in [1.29, 1.82) is 0 Å². The molecule has 2 N–H and O–H groups in total. The molecule has 0 amide bonds. The third kappa shape index (κ3) is 2.23. The van der Waals surface area contributed by atoms with Crippen molar-refractivity contribution >= 4 is 34.1 Å². The lowest BCUT2D eigenvalue weighted by Gasteiger charge is -2.11. The normalized spacial score (nSPS) is 10.8. The third-order valence-corrected chi connectivity index (χ3v) is 2.87. The van der Waals surface area contributed by atoms with Crippen LogP contribution in [0.2, 0.25) is 5.28 Å². The molecule has 0 spiro atoms. The minimum absolute atomic E-state index is 0.0744. The summed E-state index contributed by atoms with van der Waals surface area (Å²) in [5.41, 5.74) is 1.07. The van der Waals surface area contributed by atoms with Crippen LogP contribution in [0.4, 0.5) is 15.9 Å². The molecule has 102 valence electrons. The lowest BCUT2D eigenvalue weighted by molar-refractivity contribution is 0.413. The Balaban J connectivity index is 2.07. The molecule has 0 radical (unpaired) electrons. The third-order valence-electron chi connectivity index (χ3n) is 2.70. The Labute approximate surface area is 118 Å². The molecule has 0 aliphatic heterocycles. The number of anilines is 2. The maximum absolute atomic E-state index is 13.2. The summed E-state index contributed by atoms with van der Waals surface area (Å²) in [5.74, 6) is 0.427. The van der Waals surface area contributed by atoms with Crippen LogP contribution in [-0.2, 0) is 0 Å². The van der Waals surface area contributed by atoms with E-state index in [2.05, 4.69) is 25.5 Å². The van der Waals surface area contributed by atoms with Gasteiger partial charge in [-0.3, -0.25) is 5.10 Å². The second kappa shape index (κ2) is 4.93. The number of benzene rings is 1. The van der Waals surface area contributed by atoms with Crippen LogP contribution in [-0.4, -0.2) is 27.3 Å². The highest BCUT2D eigenvalue weighted by atomic mass is 35.5. The van der Waals surface area contributed by atoms with E-state index in [-0.39, 0.29) is 11.1 Å². The van der Waals surface area contributed by atoms with Crippen molar-refractivity contribution in [2.24, 2.45) is 0 Å². The van der Waals surface area contributed by atoms with Crippen molar-refractivity contribution in [3.05, 3.63) is 35.5 Å². The zero-order valence-corrected chi connectivity index (χ0v) is 11.1. The number of aromatic amines is 1. The van der Waals surface area contributed by atoms with Gasteiger partial charge in [0.25, 0.3) is 0 Å². The van der Waals surface area contributed by atoms with Crippen LogP contribution in [0.3, 0.4) is 0 Å². The number of ether oxygens (including phenoxy) is 1. The van der Waals surface area contributed by atoms with E-state index in [1.54, 1.807) is 12.3 Å². The number of methoxy groups -OCH3 is 1. The van der Waals surface area contributed by atoms with Gasteiger partial charge >= 0.3 is 0 Å². The summed E-state index contributed by atoms with van der Waals surface area (Å²) in [6.07, 6.45) is 1.57. The second-order valence-corrected chi connectivity index (χ2v) is 4.28. The second-order valence-electron chi connectivity index (χ2n) is 3.94. The molecule has 0 aliphatic carbocycles. The van der Waals surface area contributed by atoms with Gasteiger partial charge in [-0.15, -0.1) is 0 Å². The summed E-state index contributed by atoms with van der Waals surface area (Å²) < 4.78 is 18.3. The van der Waals surface area contributed by atoms with Crippen LogP contribution < -0.4 is 10.1 Å². The molecule has 6 nitrogen and oxygen atoms in total. The van der Waals surface area contributed by atoms with Crippen molar-refractivity contribution in [2.45, 2.75) is 0 Å².